The summed E-state index contributed by atoms with van der Waals surface area (Å²) >= 11 is 5.18. The quantitative estimate of drug-likeness (QED) is 0.634. The van der Waals surface area contributed by atoms with Gasteiger partial charge < -0.3 is 11.1 Å². The standard InChI is InChI=1S/C3H7ClN2O.CF3/c4-1-2-6-3(5)7;2-1(3)4/h1-2H2,(H3,5,6,7);. The lowest BCUT2D eigenvalue weighted by Gasteiger charge is -1.92. The highest BCUT2D eigenvalue weighted by Gasteiger charge is 1.93. The summed E-state index contributed by atoms with van der Waals surface area (Å²) in [6, 6.07) is -0.527. The maximum absolute atomic E-state index is 9.81. The molecular weight excluding hydrogens is 185 g/mol. The molecule has 0 saturated heterocycles. The van der Waals surface area contributed by atoms with Gasteiger partial charge in [0.15, 0.2) is 0 Å². The third-order valence-electron chi connectivity index (χ3n) is 0.394. The average molecular weight is 192 g/mol. The van der Waals surface area contributed by atoms with Crippen molar-refractivity contribution in [3.8, 4) is 0 Å². The Labute approximate surface area is 66.7 Å². The highest BCUT2D eigenvalue weighted by molar-refractivity contribution is 6.18. The van der Waals surface area contributed by atoms with E-state index < -0.39 is 12.7 Å². The first-order valence-electron chi connectivity index (χ1n) is 2.43. The summed E-state index contributed by atoms with van der Waals surface area (Å²) in [5.74, 6) is 0.406. The number of rotatable bonds is 2. The molecule has 0 bridgehead atoms. The molecule has 0 aromatic heterocycles. The van der Waals surface area contributed by atoms with Crippen LogP contribution in [0.25, 0.3) is 0 Å². The molecule has 0 aromatic rings. The fourth-order valence-electron chi connectivity index (χ4n) is 0.170. The number of urea groups is 1. The van der Waals surface area contributed by atoms with Gasteiger partial charge >= 0.3 is 12.7 Å². The van der Waals surface area contributed by atoms with E-state index in [9.17, 15) is 18.0 Å². The SMILES string of the molecule is F[C](F)F.NC(=O)NCCCl. The summed E-state index contributed by atoms with van der Waals surface area (Å²) in [6.07, 6.45) is 0. The van der Waals surface area contributed by atoms with Crippen molar-refractivity contribution in [2.75, 3.05) is 12.4 Å². The minimum absolute atomic E-state index is 0.406. The number of carbonyl (C=O) groups excluding carboxylic acids is 1. The second-order valence-electron chi connectivity index (χ2n) is 1.19. The Hall–Kier alpha value is -0.650. The monoisotopic (exact) mass is 191 g/mol. The van der Waals surface area contributed by atoms with Crippen LogP contribution in [-0.2, 0) is 0 Å². The number of hydrogen-bond donors (Lipinski definition) is 2. The van der Waals surface area contributed by atoms with Gasteiger partial charge in [-0.25, -0.2) is 4.79 Å². The summed E-state index contributed by atoms with van der Waals surface area (Å²) in [7, 11) is 0. The van der Waals surface area contributed by atoms with Gasteiger partial charge in [-0.1, -0.05) is 0 Å². The Morgan fingerprint density at radius 2 is 1.82 bits per heavy atom. The molecule has 0 fully saturated rings. The number of hydrogen-bond acceptors (Lipinski definition) is 1. The molecule has 1 radical (unpaired) electrons. The molecule has 0 heterocycles. The molecule has 0 aromatic carbocycles. The van der Waals surface area contributed by atoms with E-state index in [-0.39, 0.29) is 0 Å². The largest absolute Gasteiger partial charge is 0.487 e. The van der Waals surface area contributed by atoms with Crippen molar-refractivity contribution in [1.82, 2.24) is 5.32 Å². The third kappa shape index (κ3) is 45.0. The molecule has 0 aliphatic carbocycles. The molecule has 0 spiro atoms. The number of nitrogens with two attached hydrogens (primary N) is 1. The summed E-state index contributed by atoms with van der Waals surface area (Å²) in [5, 5.41) is 2.30. The highest BCUT2D eigenvalue weighted by atomic mass is 35.5. The Bertz CT molecular complexity index is 101. The van der Waals surface area contributed by atoms with Crippen molar-refractivity contribution in [3.63, 3.8) is 0 Å². The minimum Gasteiger partial charge on any atom is -0.352 e. The number of carbonyl (C=O) groups is 1. The maximum atomic E-state index is 9.81. The van der Waals surface area contributed by atoms with E-state index in [4.69, 9.17) is 11.6 Å². The van der Waals surface area contributed by atoms with Crippen LogP contribution in [0.1, 0.15) is 0 Å². The van der Waals surface area contributed by atoms with Crippen LogP contribution >= 0.6 is 11.6 Å². The summed E-state index contributed by atoms with van der Waals surface area (Å²) < 4.78 is 28.8. The lowest BCUT2D eigenvalue weighted by molar-refractivity contribution is 0.142. The van der Waals surface area contributed by atoms with E-state index in [1.165, 1.54) is 0 Å². The first-order valence-corrected chi connectivity index (χ1v) is 2.97. The molecule has 0 aliphatic rings. The van der Waals surface area contributed by atoms with Crippen molar-refractivity contribution >= 4 is 17.6 Å². The number of nitrogens with one attached hydrogen (secondary N) is 1. The van der Waals surface area contributed by atoms with E-state index >= 15 is 0 Å². The molecule has 0 atom stereocenters. The van der Waals surface area contributed by atoms with Crippen LogP contribution in [0.3, 0.4) is 0 Å². The molecule has 7 heteroatoms. The molecule has 11 heavy (non-hydrogen) atoms. The van der Waals surface area contributed by atoms with Gasteiger partial charge in [-0.2, -0.15) is 13.2 Å². The smallest absolute Gasteiger partial charge is 0.352 e. The zero-order valence-corrected chi connectivity index (χ0v) is 6.17. The van der Waals surface area contributed by atoms with Crippen molar-refractivity contribution < 1.29 is 18.0 Å². The fourth-order valence-corrected chi connectivity index (χ4v) is 0.265. The Balaban J connectivity index is 0. The second-order valence-corrected chi connectivity index (χ2v) is 1.57. The molecular formula is C4H7ClF3N2O. The molecule has 0 saturated carbocycles. The van der Waals surface area contributed by atoms with E-state index in [0.29, 0.717) is 12.4 Å². The van der Waals surface area contributed by atoms with Crippen LogP contribution in [0.4, 0.5) is 18.0 Å². The predicted octanol–water partition coefficient (Wildman–Crippen LogP) is 1.24. The summed E-state index contributed by atoms with van der Waals surface area (Å²) in [5.41, 5.74) is 4.67. The van der Waals surface area contributed by atoms with Gasteiger partial charge in [0.05, 0.1) is 0 Å². The summed E-state index contributed by atoms with van der Waals surface area (Å²) in [4.78, 5) is 9.81. The Morgan fingerprint density at radius 1 is 1.45 bits per heavy atom. The van der Waals surface area contributed by atoms with Crippen molar-refractivity contribution in [2.45, 2.75) is 0 Å². The van der Waals surface area contributed by atoms with Gasteiger partial charge in [0, 0.05) is 12.4 Å². The number of alkyl halides is 1. The number of primary amides is 1. The molecule has 67 valence electrons. The molecule has 0 unspecified atom stereocenters. The van der Waals surface area contributed by atoms with Gasteiger partial charge in [0.2, 0.25) is 0 Å². The lowest BCUT2D eigenvalue weighted by atomic mass is 10.7. The van der Waals surface area contributed by atoms with Gasteiger partial charge in [-0.3, -0.25) is 0 Å². The van der Waals surface area contributed by atoms with Gasteiger partial charge in [-0.05, 0) is 0 Å². The van der Waals surface area contributed by atoms with E-state index in [0.717, 1.165) is 0 Å². The van der Waals surface area contributed by atoms with Gasteiger partial charge in [0.1, 0.15) is 0 Å². The molecule has 3 N–H and O–H groups in total. The zero-order valence-electron chi connectivity index (χ0n) is 5.41. The van der Waals surface area contributed by atoms with Crippen LogP contribution in [0.2, 0.25) is 0 Å². The van der Waals surface area contributed by atoms with E-state index in [1.54, 1.807) is 0 Å². The van der Waals surface area contributed by atoms with E-state index in [1.807, 2.05) is 0 Å². The Kier molecular flexibility index (Phi) is 11.0. The first kappa shape index (κ1) is 13.0. The lowest BCUT2D eigenvalue weighted by Crippen LogP contribution is -2.30. The van der Waals surface area contributed by atoms with Crippen LogP contribution in [-0.4, -0.2) is 18.5 Å². The average Bonchev–Trinajstić information content (AvgIpc) is 1.82. The van der Waals surface area contributed by atoms with Crippen LogP contribution in [0.15, 0.2) is 0 Å². The summed E-state index contributed by atoms with van der Waals surface area (Å²) in [6.45, 7) is -2.64. The van der Waals surface area contributed by atoms with Gasteiger partial charge in [0.25, 0.3) is 0 Å². The first-order chi connectivity index (χ1) is 5.00. The van der Waals surface area contributed by atoms with Crippen LogP contribution < -0.4 is 11.1 Å². The molecule has 3 nitrogen and oxygen atoms in total. The van der Waals surface area contributed by atoms with Crippen molar-refractivity contribution in [2.24, 2.45) is 5.73 Å². The predicted molar refractivity (Wildman–Crippen MR) is 34.9 cm³/mol. The van der Waals surface area contributed by atoms with E-state index in [2.05, 4.69) is 11.1 Å². The molecule has 2 amide bonds. The molecule has 0 rings (SSSR count). The third-order valence-corrected chi connectivity index (χ3v) is 0.583. The maximum Gasteiger partial charge on any atom is 0.487 e. The van der Waals surface area contributed by atoms with Crippen molar-refractivity contribution in [1.29, 1.82) is 0 Å². The number of amides is 2. The van der Waals surface area contributed by atoms with Crippen LogP contribution in [0.5, 0.6) is 0 Å². The highest BCUT2D eigenvalue weighted by Crippen LogP contribution is 1.99. The fraction of sp³-hybridized carbons (Fsp3) is 0.500. The van der Waals surface area contributed by atoms with Crippen molar-refractivity contribution in [3.05, 3.63) is 6.68 Å². The number of halogens is 4. The normalized spacial score (nSPS) is 8.45. The topological polar surface area (TPSA) is 55.1 Å². The second kappa shape index (κ2) is 9.35. The Morgan fingerprint density at radius 3 is 1.91 bits per heavy atom. The van der Waals surface area contributed by atoms with Gasteiger partial charge in [-0.15, -0.1) is 11.6 Å². The minimum atomic E-state index is -3.08. The zero-order chi connectivity index (χ0) is 9.28. The van der Waals surface area contributed by atoms with Crippen LogP contribution in [0, 0.1) is 6.68 Å². The molecule has 0 aliphatic heterocycles.